The minimum absolute atomic E-state index is 0.0221. The van der Waals surface area contributed by atoms with Crippen LogP contribution < -0.4 is 4.74 Å². The van der Waals surface area contributed by atoms with E-state index in [0.717, 1.165) is 22.3 Å². The normalized spacial score (nSPS) is 10.5. The molecule has 0 bridgehead atoms. The van der Waals surface area contributed by atoms with Crippen molar-refractivity contribution in [2.45, 2.75) is 27.7 Å². The average molecular weight is 287 g/mol. The van der Waals surface area contributed by atoms with Gasteiger partial charge in [-0.25, -0.2) is 0 Å². The molecule has 0 radical (unpaired) electrons. The van der Waals surface area contributed by atoms with Gasteiger partial charge in [-0.1, -0.05) is 0 Å². The van der Waals surface area contributed by atoms with Crippen LogP contribution in [0.5, 0.6) is 17.2 Å². The van der Waals surface area contributed by atoms with Crippen LogP contribution in [-0.2, 0) is 0 Å². The summed E-state index contributed by atoms with van der Waals surface area (Å²) < 4.78 is 5.86. The quantitative estimate of drug-likeness (QED) is 0.673. The first kappa shape index (κ1) is 14.8. The summed E-state index contributed by atoms with van der Waals surface area (Å²) in [5, 5.41) is 20.7. The van der Waals surface area contributed by atoms with Crippen molar-refractivity contribution in [3.8, 4) is 17.2 Å². The molecule has 2 aromatic carbocycles. The van der Waals surface area contributed by atoms with E-state index in [-0.39, 0.29) is 11.4 Å². The molecule has 0 aliphatic carbocycles. The number of non-ortho nitro benzene ring substituents is 1. The molecule has 0 saturated heterocycles. The molecule has 2 aromatic rings. The van der Waals surface area contributed by atoms with Crippen molar-refractivity contribution in [3.63, 3.8) is 0 Å². The van der Waals surface area contributed by atoms with Crippen LogP contribution in [-0.4, -0.2) is 10.0 Å². The summed E-state index contributed by atoms with van der Waals surface area (Å²) in [4.78, 5) is 10.2. The molecule has 0 atom stereocenters. The van der Waals surface area contributed by atoms with Gasteiger partial charge in [0.15, 0.2) is 0 Å². The van der Waals surface area contributed by atoms with Crippen molar-refractivity contribution in [3.05, 3.63) is 56.6 Å². The smallest absolute Gasteiger partial charge is 0.269 e. The van der Waals surface area contributed by atoms with E-state index in [9.17, 15) is 15.2 Å². The Bertz CT molecular complexity index is 676. The van der Waals surface area contributed by atoms with Crippen LogP contribution in [0, 0.1) is 37.8 Å². The summed E-state index contributed by atoms with van der Waals surface area (Å²) in [6, 6.07) is 5.93. The van der Waals surface area contributed by atoms with Gasteiger partial charge in [-0.15, -0.1) is 0 Å². The summed E-state index contributed by atoms with van der Waals surface area (Å²) in [5.41, 5.74) is 3.28. The highest BCUT2D eigenvalue weighted by Gasteiger charge is 2.16. The van der Waals surface area contributed by atoms with Gasteiger partial charge in [0.1, 0.15) is 17.2 Å². The number of nitro groups is 1. The van der Waals surface area contributed by atoms with Crippen LogP contribution >= 0.6 is 0 Å². The fourth-order valence-electron chi connectivity index (χ4n) is 2.17. The summed E-state index contributed by atoms with van der Waals surface area (Å²) in [7, 11) is 0. The van der Waals surface area contributed by atoms with E-state index in [1.807, 2.05) is 27.7 Å². The maximum absolute atomic E-state index is 10.6. The molecule has 0 spiro atoms. The van der Waals surface area contributed by atoms with Crippen LogP contribution in [0.15, 0.2) is 24.3 Å². The van der Waals surface area contributed by atoms with Crippen molar-refractivity contribution in [1.82, 2.24) is 0 Å². The Kier molecular flexibility index (Phi) is 3.84. The lowest BCUT2D eigenvalue weighted by Crippen LogP contribution is -1.97. The Labute approximate surface area is 123 Å². The fourth-order valence-corrected chi connectivity index (χ4v) is 2.17. The standard InChI is InChI=1S/C16H17NO4/c1-9-11(3)16(12(4)10(2)15(9)18)21-14-7-5-13(6-8-14)17(19)20/h5-8,18H,1-4H3. The van der Waals surface area contributed by atoms with E-state index in [1.165, 1.54) is 12.1 Å². The minimum Gasteiger partial charge on any atom is -0.507 e. The summed E-state index contributed by atoms with van der Waals surface area (Å²) in [6.07, 6.45) is 0. The number of hydrogen-bond donors (Lipinski definition) is 1. The third kappa shape index (κ3) is 2.67. The molecule has 5 heteroatoms. The van der Waals surface area contributed by atoms with Gasteiger partial charge in [0.25, 0.3) is 5.69 Å². The number of benzene rings is 2. The average Bonchev–Trinajstić information content (AvgIpc) is 2.48. The molecule has 1 N–H and O–H groups in total. The molecule has 0 aliphatic heterocycles. The number of rotatable bonds is 3. The maximum atomic E-state index is 10.6. The molecule has 5 nitrogen and oxygen atoms in total. The van der Waals surface area contributed by atoms with Crippen LogP contribution in [0.4, 0.5) is 5.69 Å². The van der Waals surface area contributed by atoms with Gasteiger partial charge in [-0.2, -0.15) is 0 Å². The summed E-state index contributed by atoms with van der Waals surface area (Å²) >= 11 is 0. The van der Waals surface area contributed by atoms with Crippen molar-refractivity contribution in [1.29, 1.82) is 0 Å². The molecule has 0 aliphatic rings. The summed E-state index contributed by atoms with van der Waals surface area (Å²) in [6.45, 7) is 7.42. The highest BCUT2D eigenvalue weighted by atomic mass is 16.6. The number of nitrogens with zero attached hydrogens (tertiary/aromatic N) is 1. The molecule has 0 fully saturated rings. The monoisotopic (exact) mass is 287 g/mol. The molecule has 0 saturated carbocycles. The third-order valence-electron chi connectivity index (χ3n) is 3.78. The van der Waals surface area contributed by atoms with Crippen LogP contribution in [0.25, 0.3) is 0 Å². The van der Waals surface area contributed by atoms with Gasteiger partial charge in [-0.3, -0.25) is 10.1 Å². The summed E-state index contributed by atoms with van der Waals surface area (Å²) in [5.74, 6) is 1.48. The number of ether oxygens (including phenoxy) is 1. The predicted molar refractivity (Wildman–Crippen MR) is 80.2 cm³/mol. The highest BCUT2D eigenvalue weighted by molar-refractivity contribution is 5.57. The van der Waals surface area contributed by atoms with Gasteiger partial charge >= 0.3 is 0 Å². The van der Waals surface area contributed by atoms with Crippen molar-refractivity contribution in [2.75, 3.05) is 0 Å². The lowest BCUT2D eigenvalue weighted by molar-refractivity contribution is -0.384. The molecular formula is C16H17NO4. The number of nitro benzene ring substituents is 1. The lowest BCUT2D eigenvalue weighted by Gasteiger charge is -2.17. The molecular weight excluding hydrogens is 270 g/mol. The maximum Gasteiger partial charge on any atom is 0.269 e. The van der Waals surface area contributed by atoms with E-state index in [0.29, 0.717) is 11.5 Å². The van der Waals surface area contributed by atoms with Gasteiger partial charge < -0.3 is 9.84 Å². The zero-order chi connectivity index (χ0) is 15.7. The topological polar surface area (TPSA) is 72.6 Å². The Balaban J connectivity index is 2.42. The first-order valence-corrected chi connectivity index (χ1v) is 6.54. The van der Waals surface area contributed by atoms with Crippen LogP contribution in [0.2, 0.25) is 0 Å². The minimum atomic E-state index is -0.449. The van der Waals surface area contributed by atoms with Gasteiger partial charge in [0, 0.05) is 12.1 Å². The largest absolute Gasteiger partial charge is 0.507 e. The number of phenolic OH excluding ortho intramolecular Hbond substituents is 1. The molecule has 2 rings (SSSR count). The second kappa shape index (κ2) is 5.44. The molecule has 0 heterocycles. The van der Waals surface area contributed by atoms with Gasteiger partial charge in [-0.05, 0) is 62.1 Å². The fraction of sp³-hybridized carbons (Fsp3) is 0.250. The molecule has 0 unspecified atom stereocenters. The Morgan fingerprint density at radius 1 is 0.952 bits per heavy atom. The van der Waals surface area contributed by atoms with Crippen molar-refractivity contribution >= 4 is 5.69 Å². The number of phenols is 1. The molecule has 0 amide bonds. The number of hydrogen-bond acceptors (Lipinski definition) is 4. The SMILES string of the molecule is Cc1c(C)c(Oc2ccc([N+](=O)[O-])cc2)c(C)c(C)c1O. The molecule has 110 valence electrons. The Morgan fingerprint density at radius 3 is 1.86 bits per heavy atom. The van der Waals surface area contributed by atoms with Crippen LogP contribution in [0.3, 0.4) is 0 Å². The molecule has 0 aromatic heterocycles. The zero-order valence-corrected chi connectivity index (χ0v) is 12.4. The second-order valence-corrected chi connectivity index (χ2v) is 5.03. The molecule has 21 heavy (non-hydrogen) atoms. The first-order valence-electron chi connectivity index (χ1n) is 6.54. The third-order valence-corrected chi connectivity index (χ3v) is 3.78. The second-order valence-electron chi connectivity index (χ2n) is 5.03. The van der Waals surface area contributed by atoms with Gasteiger partial charge in [0.2, 0.25) is 0 Å². The first-order chi connectivity index (χ1) is 9.82. The van der Waals surface area contributed by atoms with Gasteiger partial charge in [0.05, 0.1) is 4.92 Å². The van der Waals surface area contributed by atoms with E-state index >= 15 is 0 Å². The van der Waals surface area contributed by atoms with Crippen LogP contribution in [0.1, 0.15) is 22.3 Å². The van der Waals surface area contributed by atoms with Crippen molar-refractivity contribution < 1.29 is 14.8 Å². The number of aromatic hydroxyl groups is 1. The zero-order valence-electron chi connectivity index (χ0n) is 12.4. The van der Waals surface area contributed by atoms with E-state index in [1.54, 1.807) is 12.1 Å². The van der Waals surface area contributed by atoms with Crippen molar-refractivity contribution in [2.24, 2.45) is 0 Å². The van der Waals surface area contributed by atoms with E-state index < -0.39 is 4.92 Å². The Morgan fingerprint density at radius 2 is 1.43 bits per heavy atom. The van der Waals surface area contributed by atoms with E-state index in [4.69, 9.17) is 4.74 Å². The lowest BCUT2D eigenvalue weighted by atomic mass is 9.98. The Hall–Kier alpha value is -2.56. The highest BCUT2D eigenvalue weighted by Crippen LogP contribution is 2.38. The van der Waals surface area contributed by atoms with E-state index in [2.05, 4.69) is 0 Å². The predicted octanol–water partition coefficient (Wildman–Crippen LogP) is 4.33.